The molecule has 0 spiro atoms. The molecule has 26 heavy (non-hydrogen) atoms. The molecule has 5 heteroatoms. The number of nitrogens with zero attached hydrogens (tertiary/aromatic N) is 1. The number of benzene rings is 2. The van der Waals surface area contributed by atoms with E-state index in [1.165, 1.54) is 4.31 Å². The van der Waals surface area contributed by atoms with Gasteiger partial charge in [-0.1, -0.05) is 60.2 Å². The minimum atomic E-state index is -3.36. The molecule has 1 saturated heterocycles. The van der Waals surface area contributed by atoms with Gasteiger partial charge in [-0.3, -0.25) is 4.79 Å². The second-order valence-corrected chi connectivity index (χ2v) is 9.07. The molecular formula is C21H25NO3S. The Bertz CT molecular complexity index is 845. The van der Waals surface area contributed by atoms with Crippen molar-refractivity contribution in [3.63, 3.8) is 0 Å². The minimum Gasteiger partial charge on any atom is -0.294 e. The number of rotatable bonds is 6. The van der Waals surface area contributed by atoms with Crippen LogP contribution in [-0.4, -0.2) is 37.3 Å². The summed E-state index contributed by atoms with van der Waals surface area (Å²) >= 11 is 0. The molecule has 0 N–H and O–H groups in total. The van der Waals surface area contributed by atoms with Crippen molar-refractivity contribution in [2.24, 2.45) is 5.92 Å². The van der Waals surface area contributed by atoms with Gasteiger partial charge in [0.2, 0.25) is 10.0 Å². The van der Waals surface area contributed by atoms with E-state index in [1.54, 1.807) is 0 Å². The van der Waals surface area contributed by atoms with E-state index >= 15 is 0 Å². The maximum atomic E-state index is 12.7. The van der Waals surface area contributed by atoms with E-state index in [0.29, 0.717) is 25.1 Å². The highest BCUT2D eigenvalue weighted by atomic mass is 32.2. The van der Waals surface area contributed by atoms with Crippen LogP contribution in [0.25, 0.3) is 0 Å². The summed E-state index contributed by atoms with van der Waals surface area (Å²) in [5.41, 5.74) is 2.79. The molecule has 3 rings (SSSR count). The molecule has 2 aromatic carbocycles. The Morgan fingerprint density at radius 3 is 2.46 bits per heavy atom. The average Bonchev–Trinajstić information content (AvgIpc) is 2.67. The van der Waals surface area contributed by atoms with Crippen LogP contribution in [0.15, 0.2) is 54.6 Å². The Labute approximate surface area is 155 Å². The number of hydrogen-bond donors (Lipinski definition) is 0. The number of Topliss-reactive ketones (excluding diaryl/α,β-unsaturated/α-hetero) is 1. The van der Waals surface area contributed by atoms with Crippen LogP contribution in [0.2, 0.25) is 0 Å². The maximum Gasteiger partial charge on any atom is 0.214 e. The Morgan fingerprint density at radius 2 is 1.77 bits per heavy atom. The Morgan fingerprint density at radius 1 is 1.08 bits per heavy atom. The third kappa shape index (κ3) is 4.59. The molecule has 1 aliphatic rings. The number of carbonyl (C=O) groups is 1. The molecular weight excluding hydrogens is 346 g/mol. The highest BCUT2D eigenvalue weighted by Gasteiger charge is 2.32. The van der Waals surface area contributed by atoms with Crippen LogP contribution in [0, 0.1) is 12.8 Å². The van der Waals surface area contributed by atoms with E-state index in [4.69, 9.17) is 0 Å². The molecule has 0 bridgehead atoms. The third-order valence-electron chi connectivity index (χ3n) is 4.98. The van der Waals surface area contributed by atoms with Crippen LogP contribution in [0.1, 0.15) is 34.3 Å². The van der Waals surface area contributed by atoms with Gasteiger partial charge in [0.05, 0.1) is 5.75 Å². The molecule has 0 saturated carbocycles. The second kappa shape index (κ2) is 8.14. The molecule has 0 aromatic heterocycles. The normalized spacial score (nSPS) is 18.6. The topological polar surface area (TPSA) is 54.5 Å². The van der Waals surface area contributed by atoms with Crippen molar-refractivity contribution in [2.75, 3.05) is 18.8 Å². The average molecular weight is 372 g/mol. The van der Waals surface area contributed by atoms with Crippen LogP contribution in [-0.2, 0) is 16.4 Å². The molecule has 0 aliphatic carbocycles. The number of carbonyl (C=O) groups excluding carboxylic acids is 1. The van der Waals surface area contributed by atoms with Gasteiger partial charge in [0.1, 0.15) is 0 Å². The predicted octanol–water partition coefficient (Wildman–Crippen LogP) is 3.46. The van der Waals surface area contributed by atoms with Gasteiger partial charge in [-0.05, 0) is 31.7 Å². The van der Waals surface area contributed by atoms with Crippen LogP contribution < -0.4 is 0 Å². The molecule has 2 aromatic rings. The van der Waals surface area contributed by atoms with Gasteiger partial charge in [-0.2, -0.15) is 0 Å². The lowest BCUT2D eigenvalue weighted by Gasteiger charge is -2.31. The fraction of sp³-hybridized carbons (Fsp3) is 0.381. The van der Waals surface area contributed by atoms with Crippen molar-refractivity contribution >= 4 is 15.8 Å². The summed E-state index contributed by atoms with van der Waals surface area (Å²) in [4.78, 5) is 12.7. The van der Waals surface area contributed by atoms with Gasteiger partial charge in [-0.25, -0.2) is 12.7 Å². The SMILES string of the molecule is Cc1ccc(C(=O)C2CCCN(S(=O)(=O)CCc3ccccc3)C2)cc1. The predicted molar refractivity (Wildman–Crippen MR) is 104 cm³/mol. The smallest absolute Gasteiger partial charge is 0.214 e. The fourth-order valence-corrected chi connectivity index (χ4v) is 4.95. The molecule has 1 atom stereocenters. The van der Waals surface area contributed by atoms with Gasteiger partial charge in [0.15, 0.2) is 5.78 Å². The lowest BCUT2D eigenvalue weighted by atomic mass is 9.91. The van der Waals surface area contributed by atoms with Crippen LogP contribution >= 0.6 is 0 Å². The van der Waals surface area contributed by atoms with E-state index in [2.05, 4.69) is 0 Å². The van der Waals surface area contributed by atoms with E-state index < -0.39 is 10.0 Å². The monoisotopic (exact) mass is 371 g/mol. The highest BCUT2D eigenvalue weighted by molar-refractivity contribution is 7.89. The largest absolute Gasteiger partial charge is 0.294 e. The lowest BCUT2D eigenvalue weighted by molar-refractivity contribution is 0.0872. The Kier molecular flexibility index (Phi) is 5.89. The molecule has 1 unspecified atom stereocenters. The molecule has 1 heterocycles. The zero-order valence-electron chi connectivity index (χ0n) is 15.1. The van der Waals surface area contributed by atoms with Gasteiger partial charge < -0.3 is 0 Å². The van der Waals surface area contributed by atoms with Crippen molar-refractivity contribution < 1.29 is 13.2 Å². The first-order valence-corrected chi connectivity index (χ1v) is 10.7. The summed E-state index contributed by atoms with van der Waals surface area (Å²) in [7, 11) is -3.36. The van der Waals surface area contributed by atoms with E-state index in [1.807, 2.05) is 61.5 Å². The summed E-state index contributed by atoms with van der Waals surface area (Å²) in [6, 6.07) is 17.1. The fourth-order valence-electron chi connectivity index (χ4n) is 3.38. The summed E-state index contributed by atoms with van der Waals surface area (Å²) in [6.45, 7) is 2.79. The quantitative estimate of drug-likeness (QED) is 0.731. The Balaban J connectivity index is 1.65. The molecule has 1 fully saturated rings. The zero-order chi connectivity index (χ0) is 18.6. The number of piperidine rings is 1. The van der Waals surface area contributed by atoms with Crippen molar-refractivity contribution in [1.82, 2.24) is 4.31 Å². The summed E-state index contributed by atoms with van der Waals surface area (Å²) in [5, 5.41) is 0. The maximum absolute atomic E-state index is 12.7. The second-order valence-electron chi connectivity index (χ2n) is 6.98. The highest BCUT2D eigenvalue weighted by Crippen LogP contribution is 2.23. The zero-order valence-corrected chi connectivity index (χ0v) is 15.9. The standard InChI is InChI=1S/C21H25NO3S/c1-17-9-11-19(12-10-17)21(23)20-8-5-14-22(16-20)26(24,25)15-13-18-6-3-2-4-7-18/h2-4,6-7,9-12,20H,5,8,13-16H2,1H3. The molecule has 1 aliphatic heterocycles. The Hall–Kier alpha value is -1.98. The van der Waals surface area contributed by atoms with E-state index in [0.717, 1.165) is 24.0 Å². The van der Waals surface area contributed by atoms with Crippen molar-refractivity contribution in [1.29, 1.82) is 0 Å². The first kappa shape index (κ1) is 18.8. The number of sulfonamides is 1. The van der Waals surface area contributed by atoms with Crippen molar-refractivity contribution in [3.8, 4) is 0 Å². The summed E-state index contributed by atoms with van der Waals surface area (Å²) in [6.07, 6.45) is 1.97. The van der Waals surface area contributed by atoms with E-state index in [-0.39, 0.29) is 17.5 Å². The van der Waals surface area contributed by atoms with Crippen molar-refractivity contribution in [3.05, 3.63) is 71.3 Å². The molecule has 138 valence electrons. The van der Waals surface area contributed by atoms with E-state index in [9.17, 15) is 13.2 Å². The first-order chi connectivity index (χ1) is 12.5. The van der Waals surface area contributed by atoms with Crippen LogP contribution in [0.3, 0.4) is 0 Å². The number of aryl methyl sites for hydroxylation is 2. The molecule has 0 radical (unpaired) electrons. The van der Waals surface area contributed by atoms with Crippen molar-refractivity contribution in [2.45, 2.75) is 26.2 Å². The van der Waals surface area contributed by atoms with Gasteiger partial charge in [-0.15, -0.1) is 0 Å². The van der Waals surface area contributed by atoms with Crippen LogP contribution in [0.5, 0.6) is 0 Å². The number of ketones is 1. The number of hydrogen-bond acceptors (Lipinski definition) is 3. The third-order valence-corrected chi connectivity index (χ3v) is 6.81. The van der Waals surface area contributed by atoms with Gasteiger partial charge in [0.25, 0.3) is 0 Å². The summed E-state index contributed by atoms with van der Waals surface area (Å²) in [5.74, 6) is -0.117. The van der Waals surface area contributed by atoms with Crippen LogP contribution in [0.4, 0.5) is 0 Å². The summed E-state index contributed by atoms with van der Waals surface area (Å²) < 4.78 is 27.0. The minimum absolute atomic E-state index is 0.0490. The lowest BCUT2D eigenvalue weighted by Crippen LogP contribution is -2.43. The van der Waals surface area contributed by atoms with Gasteiger partial charge in [0, 0.05) is 24.6 Å². The van der Waals surface area contributed by atoms with Gasteiger partial charge >= 0.3 is 0 Å². The molecule has 0 amide bonds. The molecule has 4 nitrogen and oxygen atoms in total. The first-order valence-electron chi connectivity index (χ1n) is 9.08.